The molecule has 1 amide bonds. The third kappa shape index (κ3) is 3.03. The Balaban J connectivity index is 2.01. The van der Waals surface area contributed by atoms with E-state index in [9.17, 15) is 4.79 Å². The third-order valence-corrected chi connectivity index (χ3v) is 4.68. The molecule has 0 bridgehead atoms. The van der Waals surface area contributed by atoms with E-state index in [-0.39, 0.29) is 11.9 Å². The van der Waals surface area contributed by atoms with E-state index in [4.69, 9.17) is 0 Å². The largest absolute Gasteiger partial charge is 0.325 e. The van der Waals surface area contributed by atoms with E-state index in [1.165, 1.54) is 17.7 Å². The normalized spacial score (nSPS) is 24.4. The highest BCUT2D eigenvalue weighted by Gasteiger charge is 2.29. The molecule has 1 aliphatic rings. The summed E-state index contributed by atoms with van der Waals surface area (Å²) in [5.41, 5.74) is 2.76. The van der Waals surface area contributed by atoms with E-state index < -0.39 is 0 Å². The van der Waals surface area contributed by atoms with Crippen LogP contribution in [-0.4, -0.2) is 34.8 Å². The molecule has 0 unspecified atom stereocenters. The summed E-state index contributed by atoms with van der Waals surface area (Å²) < 4.78 is 1.81. The number of likely N-dealkylation sites (tertiary alicyclic amines) is 1. The first-order chi connectivity index (χ1) is 9.40. The topological polar surface area (TPSA) is 51.4 Å². The highest BCUT2D eigenvalue weighted by molar-refractivity contribution is 5.94. The van der Waals surface area contributed by atoms with Crippen molar-refractivity contribution in [1.29, 1.82) is 0 Å². The van der Waals surface area contributed by atoms with Crippen molar-refractivity contribution in [2.24, 2.45) is 13.0 Å². The van der Waals surface area contributed by atoms with E-state index >= 15 is 0 Å². The number of carbonyl (C=O) groups excluding carboxylic acids is 1. The number of nitrogens with zero attached hydrogens (tertiary/aromatic N) is 2. The number of piperidine rings is 1. The number of amides is 1. The Morgan fingerprint density at radius 2 is 2.00 bits per heavy atom. The van der Waals surface area contributed by atoms with Crippen LogP contribution in [0, 0.1) is 19.8 Å². The number of aryl methyl sites for hydroxylation is 2. The Labute approximate surface area is 121 Å². The fourth-order valence-corrected chi connectivity index (χ4v) is 2.94. The molecule has 5 nitrogen and oxygen atoms in total. The minimum Gasteiger partial charge on any atom is -0.325 e. The van der Waals surface area contributed by atoms with E-state index in [2.05, 4.69) is 17.3 Å². The number of nitrogens with one attached hydrogen (secondary N) is 2. The number of hydrogen-bond donors (Lipinski definition) is 2. The van der Waals surface area contributed by atoms with Gasteiger partial charge in [-0.1, -0.05) is 6.92 Å². The minimum atomic E-state index is 0.00139. The number of quaternary nitrogens is 1. The molecule has 1 aromatic rings. The predicted octanol–water partition coefficient (Wildman–Crippen LogP) is 0.679. The summed E-state index contributed by atoms with van der Waals surface area (Å²) in [6, 6.07) is 0.00139. The van der Waals surface area contributed by atoms with Gasteiger partial charge in [-0.25, -0.2) is 0 Å². The smallest absolute Gasteiger partial charge is 0.282 e. The quantitative estimate of drug-likeness (QED) is 0.855. The summed E-state index contributed by atoms with van der Waals surface area (Å²) in [6.07, 6.45) is 2.44. The van der Waals surface area contributed by atoms with Gasteiger partial charge in [-0.2, -0.15) is 5.10 Å². The van der Waals surface area contributed by atoms with Gasteiger partial charge in [0.2, 0.25) is 0 Å². The average molecular weight is 279 g/mol. The van der Waals surface area contributed by atoms with Crippen LogP contribution in [0.2, 0.25) is 0 Å². The Bertz CT molecular complexity index is 486. The predicted molar refractivity (Wildman–Crippen MR) is 79.9 cm³/mol. The van der Waals surface area contributed by atoms with E-state index in [1.807, 2.05) is 32.5 Å². The first-order valence-corrected chi connectivity index (χ1v) is 7.55. The number of hydrogen-bond acceptors (Lipinski definition) is 2. The lowest BCUT2D eigenvalue weighted by molar-refractivity contribution is -0.919. The van der Waals surface area contributed by atoms with Crippen LogP contribution in [-0.2, 0) is 11.8 Å². The van der Waals surface area contributed by atoms with Gasteiger partial charge in [0.05, 0.1) is 30.2 Å². The summed E-state index contributed by atoms with van der Waals surface area (Å²) in [7, 11) is 1.90. The molecule has 1 fully saturated rings. The van der Waals surface area contributed by atoms with Crippen molar-refractivity contribution in [3.63, 3.8) is 0 Å². The summed E-state index contributed by atoms with van der Waals surface area (Å²) in [6.45, 7) is 10.4. The van der Waals surface area contributed by atoms with Crippen molar-refractivity contribution in [2.45, 2.75) is 46.6 Å². The fraction of sp³-hybridized carbons (Fsp3) is 0.733. The van der Waals surface area contributed by atoms with Gasteiger partial charge in [0, 0.05) is 7.05 Å². The van der Waals surface area contributed by atoms with Crippen LogP contribution in [0.3, 0.4) is 0 Å². The zero-order valence-electron chi connectivity index (χ0n) is 13.3. The van der Waals surface area contributed by atoms with Gasteiger partial charge in [0.15, 0.2) is 6.04 Å². The highest BCUT2D eigenvalue weighted by atomic mass is 16.2. The molecule has 1 aliphatic heterocycles. The molecule has 112 valence electrons. The summed E-state index contributed by atoms with van der Waals surface area (Å²) in [5, 5.41) is 7.41. The molecule has 20 heavy (non-hydrogen) atoms. The Hall–Kier alpha value is -1.36. The van der Waals surface area contributed by atoms with Crippen LogP contribution in [0.5, 0.6) is 0 Å². The van der Waals surface area contributed by atoms with Crippen molar-refractivity contribution >= 4 is 11.6 Å². The maximum absolute atomic E-state index is 12.4. The molecule has 2 heterocycles. The van der Waals surface area contributed by atoms with Crippen LogP contribution < -0.4 is 10.2 Å². The van der Waals surface area contributed by atoms with E-state index in [0.717, 1.165) is 36.1 Å². The van der Waals surface area contributed by atoms with Crippen LogP contribution >= 0.6 is 0 Å². The number of rotatable bonds is 3. The fourth-order valence-electron chi connectivity index (χ4n) is 2.94. The van der Waals surface area contributed by atoms with Crippen molar-refractivity contribution < 1.29 is 9.69 Å². The van der Waals surface area contributed by atoms with Gasteiger partial charge in [0.25, 0.3) is 5.91 Å². The Kier molecular flexibility index (Phi) is 4.48. The standard InChI is InChI=1S/C15H26N4O/c1-10-6-8-19(9-7-10)13(4)15(20)16-14-11(2)17-18(5)12(14)3/h10,13H,6-9H2,1-5H3,(H,16,20)/p+1/t13-/m1/s1. The molecule has 1 atom stereocenters. The zero-order chi connectivity index (χ0) is 14.9. The van der Waals surface area contributed by atoms with Crippen molar-refractivity contribution in [3.05, 3.63) is 11.4 Å². The molecule has 0 aliphatic carbocycles. The van der Waals surface area contributed by atoms with Crippen LogP contribution in [0.15, 0.2) is 0 Å². The molecule has 1 aromatic heterocycles. The van der Waals surface area contributed by atoms with Gasteiger partial charge < -0.3 is 10.2 Å². The first kappa shape index (κ1) is 15.0. The number of carbonyl (C=O) groups is 1. The van der Waals surface area contributed by atoms with Crippen molar-refractivity contribution in [2.75, 3.05) is 18.4 Å². The van der Waals surface area contributed by atoms with Crippen molar-refractivity contribution in [1.82, 2.24) is 9.78 Å². The minimum absolute atomic E-state index is 0.00139. The number of aromatic nitrogens is 2. The summed E-state index contributed by atoms with van der Waals surface area (Å²) >= 11 is 0. The van der Waals surface area contributed by atoms with Gasteiger partial charge in [-0.05, 0) is 39.5 Å². The second-order valence-corrected chi connectivity index (χ2v) is 6.22. The molecule has 0 spiro atoms. The number of anilines is 1. The average Bonchev–Trinajstić information content (AvgIpc) is 2.65. The van der Waals surface area contributed by atoms with E-state index in [0.29, 0.717) is 0 Å². The van der Waals surface area contributed by atoms with Crippen LogP contribution in [0.1, 0.15) is 38.1 Å². The molecule has 2 rings (SSSR count). The first-order valence-electron chi connectivity index (χ1n) is 7.55. The SMILES string of the molecule is Cc1nn(C)c(C)c1NC(=O)[C@@H](C)[NH+]1CCC(C)CC1. The Morgan fingerprint density at radius 3 is 2.50 bits per heavy atom. The molecule has 0 saturated carbocycles. The van der Waals surface area contributed by atoms with Gasteiger partial charge in [0.1, 0.15) is 0 Å². The second-order valence-electron chi connectivity index (χ2n) is 6.22. The molecule has 0 aromatic carbocycles. The Morgan fingerprint density at radius 1 is 1.40 bits per heavy atom. The summed E-state index contributed by atoms with van der Waals surface area (Å²) in [5.74, 6) is 0.908. The van der Waals surface area contributed by atoms with Crippen LogP contribution in [0.25, 0.3) is 0 Å². The van der Waals surface area contributed by atoms with Gasteiger partial charge >= 0.3 is 0 Å². The molecule has 1 saturated heterocycles. The maximum Gasteiger partial charge on any atom is 0.282 e. The second kappa shape index (κ2) is 5.95. The van der Waals surface area contributed by atoms with Crippen molar-refractivity contribution in [3.8, 4) is 0 Å². The van der Waals surface area contributed by atoms with E-state index in [1.54, 1.807) is 0 Å². The van der Waals surface area contributed by atoms with Gasteiger partial charge in [-0.3, -0.25) is 9.48 Å². The lowest BCUT2D eigenvalue weighted by atomic mass is 9.98. The molecule has 0 radical (unpaired) electrons. The van der Waals surface area contributed by atoms with Crippen LogP contribution in [0.4, 0.5) is 5.69 Å². The highest BCUT2D eigenvalue weighted by Crippen LogP contribution is 2.18. The maximum atomic E-state index is 12.4. The molecule has 2 N–H and O–H groups in total. The summed E-state index contributed by atoms with van der Waals surface area (Å²) in [4.78, 5) is 13.8. The molecular weight excluding hydrogens is 252 g/mol. The molecular formula is C15H27N4O+. The zero-order valence-corrected chi connectivity index (χ0v) is 13.3. The lowest BCUT2D eigenvalue weighted by Gasteiger charge is -2.31. The lowest BCUT2D eigenvalue weighted by Crippen LogP contribution is -3.17. The molecule has 5 heteroatoms. The third-order valence-electron chi connectivity index (χ3n) is 4.68. The monoisotopic (exact) mass is 279 g/mol. The van der Waals surface area contributed by atoms with Gasteiger partial charge in [-0.15, -0.1) is 0 Å².